The van der Waals surface area contributed by atoms with Crippen molar-refractivity contribution < 1.29 is 0 Å². The molecule has 1 unspecified atom stereocenters. The third kappa shape index (κ3) is 3.12. The molecule has 3 N–H and O–H groups in total. The number of nitrogens with one attached hydrogen (secondary N) is 1. The summed E-state index contributed by atoms with van der Waals surface area (Å²) in [5.74, 6) is 6.53. The summed E-state index contributed by atoms with van der Waals surface area (Å²) in [4.78, 5) is 8.55. The van der Waals surface area contributed by atoms with Crippen molar-refractivity contribution in [2.24, 2.45) is 5.84 Å². The highest BCUT2D eigenvalue weighted by Crippen LogP contribution is 2.05. The van der Waals surface area contributed by atoms with E-state index in [-0.39, 0.29) is 6.04 Å². The van der Waals surface area contributed by atoms with Gasteiger partial charge in [0.1, 0.15) is 12.2 Å². The minimum Gasteiger partial charge on any atom is -0.271 e. The van der Waals surface area contributed by atoms with E-state index < -0.39 is 0 Å². The van der Waals surface area contributed by atoms with E-state index in [4.69, 9.17) is 5.84 Å². The standard InChI is InChI=1S/C12H18N6/c1-2-18-12(15-9-16-18)8-11(17-13)7-10-5-3-4-6-14-10/h3-6,9,11,17H,2,7-8,13H2,1H3. The monoisotopic (exact) mass is 246 g/mol. The van der Waals surface area contributed by atoms with E-state index in [2.05, 4.69) is 20.5 Å². The molecule has 96 valence electrons. The maximum Gasteiger partial charge on any atom is 0.138 e. The molecule has 0 aliphatic heterocycles. The van der Waals surface area contributed by atoms with E-state index in [0.29, 0.717) is 0 Å². The van der Waals surface area contributed by atoms with E-state index in [0.717, 1.165) is 30.9 Å². The summed E-state index contributed by atoms with van der Waals surface area (Å²) in [6, 6.07) is 5.98. The summed E-state index contributed by atoms with van der Waals surface area (Å²) in [5.41, 5.74) is 3.84. The third-order valence-corrected chi connectivity index (χ3v) is 2.84. The van der Waals surface area contributed by atoms with E-state index in [1.807, 2.05) is 29.8 Å². The van der Waals surface area contributed by atoms with E-state index in [9.17, 15) is 0 Å². The summed E-state index contributed by atoms with van der Waals surface area (Å²) >= 11 is 0. The molecule has 0 amide bonds. The number of hydrazine groups is 1. The van der Waals surface area contributed by atoms with Crippen molar-refractivity contribution in [2.75, 3.05) is 0 Å². The molecular weight excluding hydrogens is 228 g/mol. The van der Waals surface area contributed by atoms with Gasteiger partial charge in [-0.05, 0) is 19.1 Å². The second kappa shape index (κ2) is 6.23. The Morgan fingerprint density at radius 1 is 1.33 bits per heavy atom. The van der Waals surface area contributed by atoms with Crippen LogP contribution in [0.3, 0.4) is 0 Å². The molecule has 2 rings (SSSR count). The first-order chi connectivity index (χ1) is 8.83. The highest BCUT2D eigenvalue weighted by molar-refractivity contribution is 5.06. The van der Waals surface area contributed by atoms with Crippen LogP contribution in [0.2, 0.25) is 0 Å². The zero-order valence-corrected chi connectivity index (χ0v) is 10.5. The largest absolute Gasteiger partial charge is 0.271 e. The number of aromatic nitrogens is 4. The Balaban J connectivity index is 2.02. The fourth-order valence-electron chi connectivity index (χ4n) is 1.89. The van der Waals surface area contributed by atoms with Crippen LogP contribution in [0.4, 0.5) is 0 Å². The van der Waals surface area contributed by atoms with Crippen LogP contribution >= 0.6 is 0 Å². The van der Waals surface area contributed by atoms with Gasteiger partial charge in [-0.15, -0.1) is 0 Å². The van der Waals surface area contributed by atoms with Crippen LogP contribution in [0.25, 0.3) is 0 Å². The van der Waals surface area contributed by atoms with E-state index in [1.165, 1.54) is 0 Å². The van der Waals surface area contributed by atoms with Gasteiger partial charge in [-0.1, -0.05) is 6.07 Å². The van der Waals surface area contributed by atoms with Gasteiger partial charge in [-0.25, -0.2) is 4.98 Å². The lowest BCUT2D eigenvalue weighted by atomic mass is 10.1. The average Bonchev–Trinajstić information content (AvgIpc) is 2.86. The van der Waals surface area contributed by atoms with Crippen molar-refractivity contribution >= 4 is 0 Å². The van der Waals surface area contributed by atoms with Crippen LogP contribution in [-0.4, -0.2) is 25.8 Å². The van der Waals surface area contributed by atoms with Gasteiger partial charge in [-0.3, -0.25) is 20.9 Å². The van der Waals surface area contributed by atoms with Gasteiger partial charge in [0, 0.05) is 37.3 Å². The number of pyridine rings is 1. The lowest BCUT2D eigenvalue weighted by Crippen LogP contribution is -2.39. The van der Waals surface area contributed by atoms with Crippen molar-refractivity contribution in [3.05, 3.63) is 42.2 Å². The van der Waals surface area contributed by atoms with Gasteiger partial charge >= 0.3 is 0 Å². The molecule has 18 heavy (non-hydrogen) atoms. The van der Waals surface area contributed by atoms with Crippen molar-refractivity contribution in [3.8, 4) is 0 Å². The zero-order chi connectivity index (χ0) is 12.8. The Bertz CT molecular complexity index is 466. The Kier molecular flexibility index (Phi) is 4.38. The van der Waals surface area contributed by atoms with Crippen molar-refractivity contribution in [3.63, 3.8) is 0 Å². The molecule has 0 aliphatic rings. The smallest absolute Gasteiger partial charge is 0.138 e. The van der Waals surface area contributed by atoms with Gasteiger partial charge in [0.2, 0.25) is 0 Å². The molecule has 2 heterocycles. The number of hydrogen-bond acceptors (Lipinski definition) is 5. The summed E-state index contributed by atoms with van der Waals surface area (Å²) in [7, 11) is 0. The van der Waals surface area contributed by atoms with Crippen LogP contribution in [0, 0.1) is 0 Å². The molecule has 0 aromatic carbocycles. The van der Waals surface area contributed by atoms with E-state index in [1.54, 1.807) is 12.5 Å². The summed E-state index contributed by atoms with van der Waals surface area (Å²) in [6.45, 7) is 2.86. The highest BCUT2D eigenvalue weighted by Gasteiger charge is 2.13. The summed E-state index contributed by atoms with van der Waals surface area (Å²) < 4.78 is 1.88. The van der Waals surface area contributed by atoms with E-state index >= 15 is 0 Å². The summed E-state index contributed by atoms with van der Waals surface area (Å²) in [5, 5.41) is 4.15. The summed E-state index contributed by atoms with van der Waals surface area (Å²) in [6.07, 6.45) is 4.87. The highest BCUT2D eigenvalue weighted by atomic mass is 15.3. The lowest BCUT2D eigenvalue weighted by molar-refractivity contribution is 0.486. The van der Waals surface area contributed by atoms with Crippen LogP contribution in [-0.2, 0) is 19.4 Å². The Hall–Kier alpha value is -1.79. The Morgan fingerprint density at radius 3 is 2.89 bits per heavy atom. The second-order valence-electron chi connectivity index (χ2n) is 4.08. The first kappa shape index (κ1) is 12.7. The Morgan fingerprint density at radius 2 is 2.22 bits per heavy atom. The average molecular weight is 246 g/mol. The molecule has 0 spiro atoms. The molecule has 0 saturated heterocycles. The lowest BCUT2D eigenvalue weighted by Gasteiger charge is -2.15. The van der Waals surface area contributed by atoms with Gasteiger partial charge < -0.3 is 0 Å². The predicted octanol–water partition coefficient (Wildman–Crippen LogP) is 0.310. The van der Waals surface area contributed by atoms with Crippen molar-refractivity contribution in [1.82, 2.24) is 25.2 Å². The molecule has 2 aromatic rings. The van der Waals surface area contributed by atoms with Crippen LogP contribution in [0.15, 0.2) is 30.7 Å². The fourth-order valence-corrected chi connectivity index (χ4v) is 1.89. The predicted molar refractivity (Wildman–Crippen MR) is 68.5 cm³/mol. The Labute approximate surface area is 106 Å². The van der Waals surface area contributed by atoms with Gasteiger partial charge in [0.15, 0.2) is 0 Å². The second-order valence-corrected chi connectivity index (χ2v) is 4.08. The molecule has 0 bridgehead atoms. The maximum atomic E-state index is 5.59. The first-order valence-corrected chi connectivity index (χ1v) is 6.06. The SMILES string of the molecule is CCn1ncnc1CC(Cc1ccccn1)NN. The van der Waals surface area contributed by atoms with Gasteiger partial charge in [0.05, 0.1) is 0 Å². The number of hydrogen-bond donors (Lipinski definition) is 2. The van der Waals surface area contributed by atoms with Crippen molar-refractivity contribution in [2.45, 2.75) is 32.4 Å². The number of rotatable bonds is 6. The van der Waals surface area contributed by atoms with Crippen LogP contribution in [0.5, 0.6) is 0 Å². The zero-order valence-electron chi connectivity index (χ0n) is 10.5. The normalized spacial score (nSPS) is 12.6. The molecule has 6 nitrogen and oxygen atoms in total. The number of aryl methyl sites for hydroxylation is 1. The molecule has 0 aliphatic carbocycles. The third-order valence-electron chi connectivity index (χ3n) is 2.84. The topological polar surface area (TPSA) is 81.7 Å². The number of nitrogens with two attached hydrogens (primary N) is 1. The fraction of sp³-hybridized carbons (Fsp3) is 0.417. The minimum absolute atomic E-state index is 0.106. The van der Waals surface area contributed by atoms with Crippen molar-refractivity contribution in [1.29, 1.82) is 0 Å². The van der Waals surface area contributed by atoms with Gasteiger partial charge in [0.25, 0.3) is 0 Å². The molecule has 2 aromatic heterocycles. The quantitative estimate of drug-likeness (QED) is 0.566. The molecule has 0 fully saturated rings. The molecule has 1 atom stereocenters. The molecule has 6 heteroatoms. The molecule has 0 radical (unpaired) electrons. The molecule has 0 saturated carbocycles. The van der Waals surface area contributed by atoms with Crippen LogP contribution < -0.4 is 11.3 Å². The van der Waals surface area contributed by atoms with Gasteiger partial charge in [-0.2, -0.15) is 5.10 Å². The number of nitrogens with zero attached hydrogens (tertiary/aromatic N) is 4. The molecular formula is C12H18N6. The maximum absolute atomic E-state index is 5.59. The first-order valence-electron chi connectivity index (χ1n) is 6.06. The minimum atomic E-state index is 0.106. The van der Waals surface area contributed by atoms with Crippen LogP contribution in [0.1, 0.15) is 18.4 Å².